The molecule has 2 N–H and O–H groups in total. The summed E-state index contributed by atoms with van der Waals surface area (Å²) in [6, 6.07) is 0.00671. The molecule has 0 aromatic rings. The van der Waals surface area contributed by atoms with Gasteiger partial charge in [0.1, 0.15) is 0 Å². The van der Waals surface area contributed by atoms with E-state index in [0.29, 0.717) is 32.8 Å². The van der Waals surface area contributed by atoms with E-state index in [-0.39, 0.29) is 31.1 Å². The summed E-state index contributed by atoms with van der Waals surface area (Å²) < 4.78 is 5.45. The number of likely N-dealkylation sites (tertiary alicyclic amines) is 2. The fraction of sp³-hybridized carbons (Fsp3) is 0.846. The quantitative estimate of drug-likeness (QED) is 0.741. The van der Waals surface area contributed by atoms with Crippen LogP contribution >= 0.6 is 0 Å². The molecule has 2 aliphatic heterocycles. The minimum Gasteiger partial charge on any atom is -0.481 e. The lowest BCUT2D eigenvalue weighted by molar-refractivity contribution is -0.139. The molecule has 0 aromatic carbocycles. The smallest absolute Gasteiger partial charge is 0.320 e. The third-order valence-electron chi connectivity index (χ3n) is 3.85. The van der Waals surface area contributed by atoms with Crippen molar-refractivity contribution in [2.45, 2.75) is 25.4 Å². The molecule has 20 heavy (non-hydrogen) atoms. The molecule has 2 aliphatic rings. The van der Waals surface area contributed by atoms with E-state index < -0.39 is 5.97 Å². The van der Waals surface area contributed by atoms with Crippen molar-refractivity contribution < 1.29 is 24.5 Å². The highest BCUT2D eigenvalue weighted by molar-refractivity contribution is 5.76. The highest BCUT2D eigenvalue weighted by Gasteiger charge is 2.35. The molecule has 0 aromatic heterocycles. The summed E-state index contributed by atoms with van der Waals surface area (Å²) in [6.07, 6.45) is 1.85. The van der Waals surface area contributed by atoms with Crippen LogP contribution < -0.4 is 0 Å². The Bertz CT molecular complexity index is 349. The number of carboxylic acids is 1. The Kier molecular flexibility index (Phi) is 5.19. The number of aliphatic hydroxyl groups is 1. The van der Waals surface area contributed by atoms with E-state index in [1.165, 1.54) is 0 Å². The Morgan fingerprint density at radius 1 is 1.15 bits per heavy atom. The van der Waals surface area contributed by atoms with Gasteiger partial charge in [0.25, 0.3) is 0 Å². The van der Waals surface area contributed by atoms with Crippen LogP contribution in [0.3, 0.4) is 0 Å². The van der Waals surface area contributed by atoms with Gasteiger partial charge in [-0.1, -0.05) is 0 Å². The van der Waals surface area contributed by atoms with Crippen molar-refractivity contribution in [2.24, 2.45) is 5.92 Å². The number of nitrogens with zero attached hydrogens (tertiary/aromatic N) is 2. The van der Waals surface area contributed by atoms with E-state index >= 15 is 0 Å². The van der Waals surface area contributed by atoms with Gasteiger partial charge < -0.3 is 24.7 Å². The summed E-state index contributed by atoms with van der Waals surface area (Å²) in [5, 5.41) is 17.4. The molecule has 2 rings (SSSR count). The van der Waals surface area contributed by atoms with Crippen LogP contribution in [0.2, 0.25) is 0 Å². The number of aliphatic carboxylic acids is 1. The number of carbonyl (C=O) groups is 2. The second kappa shape index (κ2) is 6.90. The summed E-state index contributed by atoms with van der Waals surface area (Å²) in [5.41, 5.74) is 0. The number of hydrogen-bond acceptors (Lipinski definition) is 4. The van der Waals surface area contributed by atoms with Crippen LogP contribution in [-0.4, -0.2) is 77.5 Å². The third kappa shape index (κ3) is 3.83. The third-order valence-corrected chi connectivity index (χ3v) is 3.85. The molecule has 0 bridgehead atoms. The molecule has 0 unspecified atom stereocenters. The van der Waals surface area contributed by atoms with Crippen LogP contribution in [0.15, 0.2) is 0 Å². The number of piperidine rings is 1. The molecular formula is C13H22N2O5. The molecule has 0 saturated carbocycles. The predicted molar refractivity (Wildman–Crippen MR) is 70.3 cm³/mol. The number of amides is 2. The normalized spacial score (nSPS) is 20.9. The molecule has 0 aliphatic carbocycles. The monoisotopic (exact) mass is 286 g/mol. The highest BCUT2D eigenvalue weighted by atomic mass is 16.5. The summed E-state index contributed by atoms with van der Waals surface area (Å²) >= 11 is 0. The maximum absolute atomic E-state index is 12.2. The van der Waals surface area contributed by atoms with Crippen molar-refractivity contribution in [1.82, 2.24) is 9.80 Å². The van der Waals surface area contributed by atoms with Gasteiger partial charge in [0.2, 0.25) is 0 Å². The number of urea groups is 1. The zero-order valence-corrected chi connectivity index (χ0v) is 11.5. The lowest BCUT2D eigenvalue weighted by Gasteiger charge is -2.43. The lowest BCUT2D eigenvalue weighted by Crippen LogP contribution is -2.56. The van der Waals surface area contributed by atoms with E-state index in [2.05, 4.69) is 0 Å². The molecule has 2 saturated heterocycles. The van der Waals surface area contributed by atoms with Gasteiger partial charge in [-0.05, 0) is 12.8 Å². The first-order valence-electron chi connectivity index (χ1n) is 7.08. The first-order valence-corrected chi connectivity index (χ1v) is 7.08. The zero-order chi connectivity index (χ0) is 14.5. The molecule has 0 atom stereocenters. The number of ether oxygens (including phenoxy) is 1. The van der Waals surface area contributed by atoms with E-state index in [9.17, 15) is 9.59 Å². The van der Waals surface area contributed by atoms with Gasteiger partial charge in [0.15, 0.2) is 0 Å². The summed E-state index contributed by atoms with van der Waals surface area (Å²) in [4.78, 5) is 26.2. The molecule has 7 nitrogen and oxygen atoms in total. The Hall–Kier alpha value is -1.34. The van der Waals surface area contributed by atoms with Crippen LogP contribution in [0.5, 0.6) is 0 Å². The van der Waals surface area contributed by atoms with Crippen LogP contribution in [0.4, 0.5) is 4.79 Å². The zero-order valence-electron chi connectivity index (χ0n) is 11.5. The average Bonchev–Trinajstić information content (AvgIpc) is 2.39. The summed E-state index contributed by atoms with van der Waals surface area (Å²) in [5.74, 6) is -0.703. The Labute approximate surface area is 118 Å². The topological polar surface area (TPSA) is 90.3 Å². The molecule has 0 spiro atoms. The summed E-state index contributed by atoms with van der Waals surface area (Å²) in [6.45, 7) is 2.79. The first-order chi connectivity index (χ1) is 9.60. The predicted octanol–water partition coefficient (Wildman–Crippen LogP) is -0.0138. The van der Waals surface area contributed by atoms with Gasteiger partial charge in [-0.25, -0.2) is 4.79 Å². The number of carbonyl (C=O) groups excluding carboxylic acids is 1. The van der Waals surface area contributed by atoms with E-state index in [4.69, 9.17) is 14.9 Å². The second-order valence-corrected chi connectivity index (χ2v) is 5.43. The minimum absolute atomic E-state index is 0.00671. The van der Waals surface area contributed by atoms with Crippen LogP contribution in [-0.2, 0) is 9.53 Å². The van der Waals surface area contributed by atoms with Crippen LogP contribution in [0, 0.1) is 5.92 Å². The Morgan fingerprint density at radius 3 is 2.35 bits per heavy atom. The van der Waals surface area contributed by atoms with Crippen molar-refractivity contribution in [1.29, 1.82) is 0 Å². The lowest BCUT2D eigenvalue weighted by atomic mass is 9.97. The van der Waals surface area contributed by atoms with Gasteiger partial charge in [0.05, 0.1) is 25.7 Å². The number of aliphatic hydroxyl groups excluding tert-OH is 1. The maximum Gasteiger partial charge on any atom is 0.320 e. The average molecular weight is 286 g/mol. The molecule has 2 fully saturated rings. The Morgan fingerprint density at radius 2 is 1.80 bits per heavy atom. The van der Waals surface area contributed by atoms with Gasteiger partial charge in [-0.3, -0.25) is 4.79 Å². The standard InChI is InChI=1S/C13H22N2O5/c16-5-6-20-11-1-3-14(4-2-11)13(19)15-8-10(9-15)7-12(17)18/h10-11,16H,1-9H2,(H,17,18). The van der Waals surface area contributed by atoms with E-state index in [0.717, 1.165) is 12.8 Å². The van der Waals surface area contributed by atoms with Gasteiger partial charge in [-0.2, -0.15) is 0 Å². The summed E-state index contributed by atoms with van der Waals surface area (Å²) in [7, 11) is 0. The molecule has 2 amide bonds. The SMILES string of the molecule is O=C(O)CC1CN(C(=O)N2CCC(OCCO)CC2)C1. The minimum atomic E-state index is -0.802. The van der Waals surface area contributed by atoms with Crippen LogP contribution in [0.1, 0.15) is 19.3 Å². The van der Waals surface area contributed by atoms with E-state index in [1.54, 1.807) is 9.80 Å². The fourth-order valence-electron chi connectivity index (χ4n) is 2.74. The van der Waals surface area contributed by atoms with Crippen molar-refractivity contribution in [3.05, 3.63) is 0 Å². The Balaban J connectivity index is 1.67. The number of carboxylic acid groups (broad SMARTS) is 1. The fourth-order valence-corrected chi connectivity index (χ4v) is 2.74. The molecular weight excluding hydrogens is 264 g/mol. The van der Waals surface area contributed by atoms with Crippen molar-refractivity contribution >= 4 is 12.0 Å². The van der Waals surface area contributed by atoms with Gasteiger partial charge in [-0.15, -0.1) is 0 Å². The highest BCUT2D eigenvalue weighted by Crippen LogP contribution is 2.22. The maximum atomic E-state index is 12.2. The number of rotatable bonds is 5. The first kappa shape index (κ1) is 15.1. The van der Waals surface area contributed by atoms with Gasteiger partial charge >= 0.3 is 12.0 Å². The van der Waals surface area contributed by atoms with Crippen molar-refractivity contribution in [3.8, 4) is 0 Å². The van der Waals surface area contributed by atoms with Crippen molar-refractivity contribution in [3.63, 3.8) is 0 Å². The van der Waals surface area contributed by atoms with Crippen LogP contribution in [0.25, 0.3) is 0 Å². The van der Waals surface area contributed by atoms with E-state index in [1.807, 2.05) is 0 Å². The molecule has 7 heteroatoms. The van der Waals surface area contributed by atoms with Gasteiger partial charge in [0, 0.05) is 32.1 Å². The largest absolute Gasteiger partial charge is 0.481 e. The molecule has 0 radical (unpaired) electrons. The van der Waals surface area contributed by atoms with Crippen molar-refractivity contribution in [2.75, 3.05) is 39.4 Å². The number of hydrogen-bond donors (Lipinski definition) is 2. The molecule has 2 heterocycles. The molecule has 114 valence electrons. The second-order valence-electron chi connectivity index (χ2n) is 5.43.